The van der Waals surface area contributed by atoms with Crippen LogP contribution in [0.4, 0.5) is 11.4 Å². The second-order valence-corrected chi connectivity index (χ2v) is 7.85. The van der Waals surface area contributed by atoms with E-state index in [0.29, 0.717) is 13.1 Å². The summed E-state index contributed by atoms with van der Waals surface area (Å²) >= 11 is 1.64. The Kier molecular flexibility index (Phi) is 6.11. The van der Waals surface area contributed by atoms with Gasteiger partial charge in [-0.1, -0.05) is 20.3 Å². The number of benzene rings is 1. The van der Waals surface area contributed by atoms with E-state index in [0.717, 1.165) is 42.9 Å². The van der Waals surface area contributed by atoms with E-state index in [4.69, 9.17) is 0 Å². The van der Waals surface area contributed by atoms with Crippen molar-refractivity contribution in [1.82, 2.24) is 4.90 Å². The predicted octanol–water partition coefficient (Wildman–Crippen LogP) is 4.13. The Morgan fingerprint density at radius 3 is 2.37 bits per heavy atom. The van der Waals surface area contributed by atoms with Gasteiger partial charge in [0.1, 0.15) is 0 Å². The van der Waals surface area contributed by atoms with E-state index >= 15 is 0 Å². The standard InChI is InChI=1S/C20H25N3O3S/c1-3-5-18-15(4-2)14-19(27-18)20(24)22-12-10-21(11-13-22)16-6-8-17(9-7-16)23(25)26/h6-9,14H,3-5,10-13H2,1-2H3. The van der Waals surface area contributed by atoms with E-state index in [2.05, 4.69) is 24.8 Å². The van der Waals surface area contributed by atoms with Crippen LogP contribution in [0.1, 0.15) is 40.4 Å². The number of amides is 1. The van der Waals surface area contributed by atoms with Crippen molar-refractivity contribution in [2.75, 3.05) is 31.1 Å². The van der Waals surface area contributed by atoms with Crippen molar-refractivity contribution >= 4 is 28.6 Å². The maximum Gasteiger partial charge on any atom is 0.269 e. The summed E-state index contributed by atoms with van der Waals surface area (Å²) in [5.74, 6) is 0.125. The van der Waals surface area contributed by atoms with Gasteiger partial charge in [-0.25, -0.2) is 0 Å². The van der Waals surface area contributed by atoms with Gasteiger partial charge in [-0.3, -0.25) is 14.9 Å². The Labute approximate surface area is 163 Å². The molecule has 1 amide bonds. The minimum absolute atomic E-state index is 0.0971. The lowest BCUT2D eigenvalue weighted by Gasteiger charge is -2.35. The van der Waals surface area contributed by atoms with Crippen molar-refractivity contribution in [2.45, 2.75) is 33.1 Å². The van der Waals surface area contributed by atoms with Crippen LogP contribution < -0.4 is 4.90 Å². The summed E-state index contributed by atoms with van der Waals surface area (Å²) in [6.45, 7) is 7.10. The SMILES string of the molecule is CCCc1sc(C(=O)N2CCN(c3ccc([N+](=O)[O-])cc3)CC2)cc1CC. The Balaban J connectivity index is 1.63. The highest BCUT2D eigenvalue weighted by atomic mass is 32.1. The molecule has 3 rings (SSSR count). The molecule has 1 aliphatic rings. The number of carbonyl (C=O) groups is 1. The first-order valence-electron chi connectivity index (χ1n) is 9.43. The molecule has 0 atom stereocenters. The lowest BCUT2D eigenvalue weighted by molar-refractivity contribution is -0.384. The number of non-ortho nitro benzene ring substituents is 1. The Hall–Kier alpha value is -2.41. The van der Waals surface area contributed by atoms with Gasteiger partial charge in [0, 0.05) is 48.9 Å². The molecule has 0 radical (unpaired) electrons. The third kappa shape index (κ3) is 4.30. The molecule has 1 saturated heterocycles. The van der Waals surface area contributed by atoms with Crippen LogP contribution in [0.25, 0.3) is 0 Å². The number of carbonyl (C=O) groups excluding carboxylic acids is 1. The van der Waals surface area contributed by atoms with Crippen molar-refractivity contribution < 1.29 is 9.72 Å². The number of hydrogen-bond donors (Lipinski definition) is 0. The summed E-state index contributed by atoms with van der Waals surface area (Å²) in [6.07, 6.45) is 3.09. The minimum atomic E-state index is -0.390. The first-order chi connectivity index (χ1) is 13.0. The quantitative estimate of drug-likeness (QED) is 0.552. The van der Waals surface area contributed by atoms with Gasteiger partial charge in [0.15, 0.2) is 0 Å². The summed E-state index contributed by atoms with van der Waals surface area (Å²) < 4.78 is 0. The smallest absolute Gasteiger partial charge is 0.269 e. The lowest BCUT2D eigenvalue weighted by Crippen LogP contribution is -2.48. The average Bonchev–Trinajstić information content (AvgIpc) is 3.11. The highest BCUT2D eigenvalue weighted by molar-refractivity contribution is 7.14. The Bertz CT molecular complexity index is 808. The van der Waals surface area contributed by atoms with Crippen molar-refractivity contribution in [3.63, 3.8) is 0 Å². The monoisotopic (exact) mass is 387 g/mol. The molecule has 0 spiro atoms. The summed E-state index contributed by atoms with van der Waals surface area (Å²) in [5.41, 5.74) is 2.36. The molecule has 0 bridgehead atoms. The Morgan fingerprint density at radius 1 is 1.15 bits per heavy atom. The van der Waals surface area contributed by atoms with Gasteiger partial charge < -0.3 is 9.80 Å². The molecule has 27 heavy (non-hydrogen) atoms. The molecule has 1 aromatic carbocycles. The van der Waals surface area contributed by atoms with Gasteiger partial charge in [0.25, 0.3) is 11.6 Å². The van der Waals surface area contributed by atoms with Crippen LogP contribution in [0.5, 0.6) is 0 Å². The molecule has 144 valence electrons. The normalized spacial score (nSPS) is 14.4. The highest BCUT2D eigenvalue weighted by Gasteiger charge is 2.24. The summed E-state index contributed by atoms with van der Waals surface area (Å²) in [7, 11) is 0. The van der Waals surface area contributed by atoms with Crippen LogP contribution in [-0.4, -0.2) is 41.9 Å². The molecular formula is C20H25N3O3S. The minimum Gasteiger partial charge on any atom is -0.368 e. The van der Waals surface area contributed by atoms with E-state index < -0.39 is 4.92 Å². The van der Waals surface area contributed by atoms with Crippen LogP contribution in [0.3, 0.4) is 0 Å². The van der Waals surface area contributed by atoms with Crippen LogP contribution >= 0.6 is 11.3 Å². The number of piperazine rings is 1. The molecular weight excluding hydrogens is 362 g/mol. The lowest BCUT2D eigenvalue weighted by atomic mass is 10.1. The van der Waals surface area contributed by atoms with Crippen molar-refractivity contribution in [1.29, 1.82) is 0 Å². The zero-order chi connectivity index (χ0) is 19.4. The molecule has 7 heteroatoms. The van der Waals surface area contributed by atoms with Crippen molar-refractivity contribution in [3.8, 4) is 0 Å². The molecule has 0 aliphatic carbocycles. The molecule has 0 unspecified atom stereocenters. The van der Waals surface area contributed by atoms with Gasteiger partial charge in [-0.2, -0.15) is 0 Å². The number of nitro groups is 1. The van der Waals surface area contributed by atoms with E-state index in [-0.39, 0.29) is 11.6 Å². The second-order valence-electron chi connectivity index (χ2n) is 6.72. The zero-order valence-electron chi connectivity index (χ0n) is 15.8. The molecule has 1 fully saturated rings. The topological polar surface area (TPSA) is 66.7 Å². The fourth-order valence-corrected chi connectivity index (χ4v) is 4.74. The number of thiophene rings is 1. The van der Waals surface area contributed by atoms with Crippen LogP contribution in [0, 0.1) is 10.1 Å². The summed E-state index contributed by atoms with van der Waals surface area (Å²) in [6, 6.07) is 8.68. The van der Waals surface area contributed by atoms with Gasteiger partial charge in [-0.05, 0) is 36.6 Å². The number of nitro benzene ring substituents is 1. The maximum atomic E-state index is 12.9. The van der Waals surface area contributed by atoms with Crippen LogP contribution in [-0.2, 0) is 12.8 Å². The third-order valence-electron chi connectivity index (χ3n) is 4.96. The van der Waals surface area contributed by atoms with Crippen LogP contribution in [0.15, 0.2) is 30.3 Å². The van der Waals surface area contributed by atoms with Crippen molar-refractivity contribution in [3.05, 3.63) is 55.8 Å². The second kappa shape index (κ2) is 8.52. The zero-order valence-corrected chi connectivity index (χ0v) is 16.6. The molecule has 1 aliphatic heterocycles. The van der Waals surface area contributed by atoms with E-state index in [1.165, 1.54) is 22.6 Å². The number of anilines is 1. The molecule has 2 heterocycles. The molecule has 1 aromatic heterocycles. The molecule has 2 aromatic rings. The third-order valence-corrected chi connectivity index (χ3v) is 6.18. The summed E-state index contributed by atoms with van der Waals surface area (Å²) in [5, 5.41) is 10.8. The highest BCUT2D eigenvalue weighted by Crippen LogP contribution is 2.27. The fraction of sp³-hybridized carbons (Fsp3) is 0.450. The molecule has 0 N–H and O–H groups in total. The van der Waals surface area contributed by atoms with Crippen molar-refractivity contribution in [2.24, 2.45) is 0 Å². The number of hydrogen-bond acceptors (Lipinski definition) is 5. The summed E-state index contributed by atoms with van der Waals surface area (Å²) in [4.78, 5) is 29.6. The maximum absolute atomic E-state index is 12.9. The first kappa shape index (κ1) is 19.4. The van der Waals surface area contributed by atoms with E-state index in [1.54, 1.807) is 23.5 Å². The number of aryl methyl sites for hydroxylation is 2. The number of rotatable bonds is 6. The first-order valence-corrected chi connectivity index (χ1v) is 10.2. The molecule has 0 saturated carbocycles. The van der Waals surface area contributed by atoms with E-state index in [1.807, 2.05) is 4.90 Å². The predicted molar refractivity (Wildman–Crippen MR) is 109 cm³/mol. The van der Waals surface area contributed by atoms with E-state index in [9.17, 15) is 14.9 Å². The van der Waals surface area contributed by atoms with Gasteiger partial charge in [0.2, 0.25) is 0 Å². The van der Waals surface area contributed by atoms with Gasteiger partial charge >= 0.3 is 0 Å². The fourth-order valence-electron chi connectivity index (χ4n) is 3.42. The van der Waals surface area contributed by atoms with Gasteiger partial charge in [0.05, 0.1) is 9.80 Å². The average molecular weight is 388 g/mol. The molecule has 6 nitrogen and oxygen atoms in total. The number of nitrogens with zero attached hydrogens (tertiary/aromatic N) is 3. The van der Waals surface area contributed by atoms with Crippen LogP contribution in [0.2, 0.25) is 0 Å². The Morgan fingerprint density at radius 2 is 1.81 bits per heavy atom. The largest absolute Gasteiger partial charge is 0.368 e. The van der Waals surface area contributed by atoms with Gasteiger partial charge in [-0.15, -0.1) is 11.3 Å².